The van der Waals surface area contributed by atoms with Gasteiger partial charge in [-0.25, -0.2) is 4.98 Å². The molecule has 0 spiro atoms. The summed E-state index contributed by atoms with van der Waals surface area (Å²) in [5.41, 5.74) is 1.49. The maximum absolute atomic E-state index is 8.73. The van der Waals surface area contributed by atoms with E-state index in [-0.39, 0.29) is 0 Å². The van der Waals surface area contributed by atoms with Gasteiger partial charge >= 0.3 is 0 Å². The van der Waals surface area contributed by atoms with E-state index in [9.17, 15) is 0 Å². The number of benzene rings is 1. The van der Waals surface area contributed by atoms with Crippen LogP contribution in [-0.4, -0.2) is 4.98 Å². The molecule has 0 amide bonds. The Morgan fingerprint density at radius 1 is 1.29 bits per heavy atom. The number of halogens is 1. The molecule has 0 saturated heterocycles. The van der Waals surface area contributed by atoms with E-state index in [4.69, 9.17) is 21.6 Å². The van der Waals surface area contributed by atoms with Crippen LogP contribution in [0.15, 0.2) is 42.6 Å². The fraction of sp³-hybridized carbons (Fsp3) is 0.0769. The van der Waals surface area contributed by atoms with E-state index in [1.165, 1.54) is 0 Å². The Morgan fingerprint density at radius 3 is 2.94 bits per heavy atom. The molecule has 0 aliphatic carbocycles. The van der Waals surface area contributed by atoms with Crippen molar-refractivity contribution in [2.45, 2.75) is 6.61 Å². The molecule has 0 aliphatic rings. The number of hydrogen-bond donors (Lipinski definition) is 0. The minimum absolute atomic E-state index is 0.377. The molecule has 0 N–H and O–H groups in total. The van der Waals surface area contributed by atoms with Gasteiger partial charge in [-0.05, 0) is 23.8 Å². The number of pyridine rings is 1. The zero-order valence-electron chi connectivity index (χ0n) is 8.93. The van der Waals surface area contributed by atoms with Crippen LogP contribution in [0.4, 0.5) is 0 Å². The largest absolute Gasteiger partial charge is 0.473 e. The Bertz CT molecular complexity index is 563. The van der Waals surface area contributed by atoms with Gasteiger partial charge in [0.15, 0.2) is 0 Å². The molecule has 0 radical (unpaired) electrons. The lowest BCUT2D eigenvalue weighted by Crippen LogP contribution is -1.97. The van der Waals surface area contributed by atoms with E-state index in [0.29, 0.717) is 23.1 Å². The van der Waals surface area contributed by atoms with Gasteiger partial charge in [-0.1, -0.05) is 23.7 Å². The number of aromatic nitrogens is 1. The molecule has 2 rings (SSSR count). The molecule has 4 heteroatoms. The number of nitrogens with zero attached hydrogens (tertiary/aromatic N) is 2. The van der Waals surface area contributed by atoms with Gasteiger partial charge in [0.05, 0.1) is 11.6 Å². The first-order chi connectivity index (χ1) is 8.28. The van der Waals surface area contributed by atoms with Crippen LogP contribution in [0.3, 0.4) is 0 Å². The summed E-state index contributed by atoms with van der Waals surface area (Å²) >= 11 is 5.86. The van der Waals surface area contributed by atoms with E-state index >= 15 is 0 Å². The predicted octanol–water partition coefficient (Wildman–Crippen LogP) is 3.19. The van der Waals surface area contributed by atoms with Gasteiger partial charge in [0.1, 0.15) is 6.61 Å². The van der Waals surface area contributed by atoms with E-state index < -0.39 is 0 Å². The molecule has 0 atom stereocenters. The Labute approximate surface area is 104 Å². The Morgan fingerprint density at radius 2 is 2.18 bits per heavy atom. The molecule has 1 heterocycles. The normalized spacial score (nSPS) is 9.65. The summed E-state index contributed by atoms with van der Waals surface area (Å²) in [6.07, 6.45) is 1.55. The first-order valence-corrected chi connectivity index (χ1v) is 5.39. The van der Waals surface area contributed by atoms with E-state index in [1.807, 2.05) is 24.3 Å². The second-order valence-corrected chi connectivity index (χ2v) is 3.85. The van der Waals surface area contributed by atoms with Crippen LogP contribution in [0.1, 0.15) is 11.1 Å². The molecule has 1 aromatic carbocycles. The molecule has 0 unspecified atom stereocenters. The third-order valence-electron chi connectivity index (χ3n) is 2.14. The van der Waals surface area contributed by atoms with E-state index in [1.54, 1.807) is 24.4 Å². The van der Waals surface area contributed by atoms with Crippen LogP contribution in [0, 0.1) is 11.3 Å². The molecule has 2 aromatic rings. The summed E-state index contributed by atoms with van der Waals surface area (Å²) in [6, 6.07) is 12.7. The number of rotatable bonds is 3. The third-order valence-corrected chi connectivity index (χ3v) is 2.37. The molecule has 1 aromatic heterocycles. The lowest BCUT2D eigenvalue weighted by molar-refractivity contribution is 0.294. The first-order valence-electron chi connectivity index (χ1n) is 5.01. The van der Waals surface area contributed by atoms with Gasteiger partial charge in [0.25, 0.3) is 0 Å². The number of hydrogen-bond acceptors (Lipinski definition) is 3. The molecular formula is C13H9ClN2O. The maximum Gasteiger partial charge on any atom is 0.214 e. The molecule has 0 aliphatic heterocycles. The SMILES string of the molecule is N#Cc1ccnc(OCc2cccc(Cl)c2)c1. The molecule has 3 nitrogen and oxygen atoms in total. The summed E-state index contributed by atoms with van der Waals surface area (Å²) in [6.45, 7) is 0.377. The van der Waals surface area contributed by atoms with E-state index in [2.05, 4.69) is 4.98 Å². The Hall–Kier alpha value is -2.05. The van der Waals surface area contributed by atoms with E-state index in [0.717, 1.165) is 5.56 Å². The topological polar surface area (TPSA) is 45.9 Å². The summed E-state index contributed by atoms with van der Waals surface area (Å²) in [5, 5.41) is 9.40. The lowest BCUT2D eigenvalue weighted by Gasteiger charge is -2.05. The first kappa shape index (κ1) is 11.4. The van der Waals surface area contributed by atoms with Gasteiger partial charge in [-0.3, -0.25) is 0 Å². The van der Waals surface area contributed by atoms with Gasteiger partial charge in [-0.2, -0.15) is 5.26 Å². The standard InChI is InChI=1S/C13H9ClN2O/c14-12-3-1-2-11(6-12)9-17-13-7-10(8-15)4-5-16-13/h1-7H,9H2. The van der Waals surface area contributed by atoms with Crippen molar-refractivity contribution in [3.63, 3.8) is 0 Å². The molecule has 0 saturated carbocycles. The van der Waals surface area contributed by atoms with Gasteiger partial charge in [0.2, 0.25) is 5.88 Å². The molecule has 84 valence electrons. The van der Waals surface area contributed by atoms with Crippen molar-refractivity contribution in [3.8, 4) is 11.9 Å². The van der Waals surface area contributed by atoms with Crippen LogP contribution in [-0.2, 0) is 6.61 Å². The van der Waals surface area contributed by atoms with Gasteiger partial charge < -0.3 is 4.74 Å². The summed E-state index contributed by atoms with van der Waals surface area (Å²) < 4.78 is 5.47. The minimum atomic E-state index is 0.377. The smallest absolute Gasteiger partial charge is 0.214 e. The van der Waals surface area contributed by atoms with Crippen molar-refractivity contribution in [1.29, 1.82) is 5.26 Å². The molecular weight excluding hydrogens is 236 g/mol. The number of ether oxygens (including phenoxy) is 1. The fourth-order valence-electron chi connectivity index (χ4n) is 1.34. The van der Waals surface area contributed by atoms with Crippen LogP contribution in [0.25, 0.3) is 0 Å². The molecule has 0 bridgehead atoms. The van der Waals surface area contributed by atoms with Crippen molar-refractivity contribution in [2.24, 2.45) is 0 Å². The van der Waals surface area contributed by atoms with Crippen LogP contribution in [0.5, 0.6) is 5.88 Å². The second kappa shape index (κ2) is 5.33. The predicted molar refractivity (Wildman–Crippen MR) is 64.7 cm³/mol. The average molecular weight is 245 g/mol. The van der Waals surface area contributed by atoms with Crippen molar-refractivity contribution < 1.29 is 4.74 Å². The molecule has 17 heavy (non-hydrogen) atoms. The highest BCUT2D eigenvalue weighted by molar-refractivity contribution is 6.30. The zero-order chi connectivity index (χ0) is 12.1. The van der Waals surface area contributed by atoms with Crippen molar-refractivity contribution in [3.05, 3.63) is 58.7 Å². The minimum Gasteiger partial charge on any atom is -0.473 e. The van der Waals surface area contributed by atoms with Crippen LogP contribution >= 0.6 is 11.6 Å². The quantitative estimate of drug-likeness (QED) is 0.833. The van der Waals surface area contributed by atoms with Crippen LogP contribution < -0.4 is 4.74 Å². The Kier molecular flexibility index (Phi) is 3.59. The average Bonchev–Trinajstić information content (AvgIpc) is 2.37. The summed E-state index contributed by atoms with van der Waals surface area (Å²) in [5.74, 6) is 0.434. The molecule has 0 fully saturated rings. The summed E-state index contributed by atoms with van der Waals surface area (Å²) in [4.78, 5) is 4.02. The third kappa shape index (κ3) is 3.20. The monoisotopic (exact) mass is 244 g/mol. The van der Waals surface area contributed by atoms with Gasteiger partial charge in [-0.15, -0.1) is 0 Å². The fourth-order valence-corrected chi connectivity index (χ4v) is 1.55. The highest BCUT2D eigenvalue weighted by Crippen LogP contribution is 2.14. The lowest BCUT2D eigenvalue weighted by atomic mass is 10.2. The van der Waals surface area contributed by atoms with Crippen molar-refractivity contribution >= 4 is 11.6 Å². The number of nitriles is 1. The van der Waals surface area contributed by atoms with Crippen molar-refractivity contribution in [1.82, 2.24) is 4.98 Å². The highest BCUT2D eigenvalue weighted by atomic mass is 35.5. The Balaban J connectivity index is 2.05. The van der Waals surface area contributed by atoms with Crippen molar-refractivity contribution in [2.75, 3.05) is 0 Å². The highest BCUT2D eigenvalue weighted by Gasteiger charge is 1.99. The van der Waals surface area contributed by atoms with Crippen LogP contribution in [0.2, 0.25) is 5.02 Å². The summed E-state index contributed by atoms with van der Waals surface area (Å²) in [7, 11) is 0. The van der Waals surface area contributed by atoms with Gasteiger partial charge in [0, 0.05) is 17.3 Å². The maximum atomic E-state index is 8.73. The second-order valence-electron chi connectivity index (χ2n) is 3.41. The zero-order valence-corrected chi connectivity index (χ0v) is 9.69.